The van der Waals surface area contributed by atoms with Crippen LogP contribution in [0.5, 0.6) is 0 Å². The molecule has 0 saturated heterocycles. The van der Waals surface area contributed by atoms with E-state index in [4.69, 9.17) is 17.0 Å². The van der Waals surface area contributed by atoms with E-state index in [1.807, 2.05) is 30.3 Å². The van der Waals surface area contributed by atoms with Crippen molar-refractivity contribution in [1.82, 2.24) is 0 Å². The fourth-order valence-corrected chi connectivity index (χ4v) is 2.26. The molecule has 0 atom stereocenters. The quantitative estimate of drug-likeness (QED) is 0.596. The molecule has 0 N–H and O–H groups in total. The van der Waals surface area contributed by atoms with Gasteiger partial charge in [-0.1, -0.05) is 42.5 Å². The topological polar surface area (TPSA) is 26.3 Å². The molecular weight excluding hydrogens is 240 g/mol. The highest BCUT2D eigenvalue weighted by atomic mass is 32.2. The summed E-state index contributed by atoms with van der Waals surface area (Å²) in [7, 11) is 0. The van der Waals surface area contributed by atoms with Gasteiger partial charge in [0.25, 0.3) is 0 Å². The first-order valence-electron chi connectivity index (χ1n) is 5.12. The van der Waals surface area contributed by atoms with E-state index in [0.29, 0.717) is 18.8 Å². The summed E-state index contributed by atoms with van der Waals surface area (Å²) < 4.78 is 5.66. The Labute approximate surface area is 105 Å². The molecule has 86 valence electrons. The van der Waals surface area contributed by atoms with Crippen LogP contribution < -0.4 is 0 Å². The molecule has 16 heavy (non-hydrogen) atoms. The van der Waals surface area contributed by atoms with E-state index >= 15 is 0 Å². The van der Waals surface area contributed by atoms with Crippen molar-refractivity contribution in [3.8, 4) is 0 Å². The average molecular weight is 254 g/mol. The zero-order valence-corrected chi connectivity index (χ0v) is 10.8. The molecular formula is C12H14O2S2. The molecule has 0 aliphatic heterocycles. The standard InChI is InChI=1S/C12H14O2S2/c1-2-14-11(13)8-9-16-12(15)10-6-4-3-5-7-10/h3-7H,2,8-9H2,1H3. The molecule has 0 spiro atoms. The minimum absolute atomic E-state index is 0.161. The lowest BCUT2D eigenvalue weighted by molar-refractivity contribution is -0.142. The number of rotatable bonds is 5. The van der Waals surface area contributed by atoms with Gasteiger partial charge in [0.15, 0.2) is 0 Å². The van der Waals surface area contributed by atoms with Gasteiger partial charge in [-0.3, -0.25) is 4.79 Å². The third-order valence-electron chi connectivity index (χ3n) is 1.85. The van der Waals surface area contributed by atoms with Crippen molar-refractivity contribution in [1.29, 1.82) is 0 Å². The van der Waals surface area contributed by atoms with Crippen LogP contribution in [0.1, 0.15) is 18.9 Å². The number of thiocarbonyl (C=S) groups is 1. The summed E-state index contributed by atoms with van der Waals surface area (Å²) in [6.45, 7) is 2.24. The minimum Gasteiger partial charge on any atom is -0.466 e. The van der Waals surface area contributed by atoms with Gasteiger partial charge in [-0.05, 0) is 12.5 Å². The minimum atomic E-state index is -0.161. The maximum Gasteiger partial charge on any atom is 0.306 e. The van der Waals surface area contributed by atoms with Gasteiger partial charge in [-0.25, -0.2) is 0 Å². The molecule has 0 saturated carbocycles. The zero-order valence-electron chi connectivity index (χ0n) is 9.14. The molecule has 0 heterocycles. The highest BCUT2D eigenvalue weighted by molar-refractivity contribution is 8.23. The Morgan fingerprint density at radius 2 is 2.06 bits per heavy atom. The van der Waals surface area contributed by atoms with Gasteiger partial charge in [0.05, 0.1) is 17.2 Å². The Hall–Kier alpha value is -0.870. The lowest BCUT2D eigenvalue weighted by atomic mass is 10.2. The summed E-state index contributed by atoms with van der Waals surface area (Å²) in [4.78, 5) is 11.1. The van der Waals surface area contributed by atoms with Gasteiger partial charge >= 0.3 is 5.97 Å². The third-order valence-corrected chi connectivity index (χ3v) is 3.35. The van der Waals surface area contributed by atoms with Gasteiger partial charge in [-0.15, -0.1) is 11.8 Å². The first-order valence-corrected chi connectivity index (χ1v) is 6.51. The van der Waals surface area contributed by atoms with Crippen molar-refractivity contribution >= 4 is 34.1 Å². The molecule has 1 rings (SSSR count). The van der Waals surface area contributed by atoms with E-state index in [9.17, 15) is 4.79 Å². The van der Waals surface area contributed by atoms with Crippen molar-refractivity contribution < 1.29 is 9.53 Å². The maximum absolute atomic E-state index is 11.1. The number of carbonyl (C=O) groups is 1. The van der Waals surface area contributed by atoms with Crippen LogP contribution in [0, 0.1) is 0 Å². The van der Waals surface area contributed by atoms with Crippen LogP contribution in [0.25, 0.3) is 0 Å². The van der Waals surface area contributed by atoms with Crippen LogP contribution in [0.4, 0.5) is 0 Å². The van der Waals surface area contributed by atoms with Crippen molar-refractivity contribution in [2.75, 3.05) is 12.4 Å². The van der Waals surface area contributed by atoms with Crippen LogP contribution in [0.3, 0.4) is 0 Å². The van der Waals surface area contributed by atoms with E-state index < -0.39 is 0 Å². The lowest BCUT2D eigenvalue weighted by Gasteiger charge is -2.03. The Balaban J connectivity index is 2.29. The summed E-state index contributed by atoms with van der Waals surface area (Å²) in [5.74, 6) is 0.512. The first kappa shape index (κ1) is 13.2. The van der Waals surface area contributed by atoms with E-state index in [-0.39, 0.29) is 5.97 Å². The molecule has 0 aliphatic rings. The SMILES string of the molecule is CCOC(=O)CCSC(=S)c1ccccc1. The largest absolute Gasteiger partial charge is 0.466 e. The molecule has 0 unspecified atom stereocenters. The number of ether oxygens (including phenoxy) is 1. The average Bonchev–Trinajstić information content (AvgIpc) is 2.30. The number of hydrogen-bond acceptors (Lipinski definition) is 4. The fraction of sp³-hybridized carbons (Fsp3) is 0.333. The Bertz CT molecular complexity index is 349. The van der Waals surface area contributed by atoms with Crippen molar-refractivity contribution in [3.05, 3.63) is 35.9 Å². The summed E-state index contributed by atoms with van der Waals surface area (Å²) in [5.41, 5.74) is 1.03. The van der Waals surface area contributed by atoms with E-state index in [2.05, 4.69) is 0 Å². The van der Waals surface area contributed by atoms with E-state index in [1.54, 1.807) is 6.92 Å². The van der Waals surface area contributed by atoms with Crippen LogP contribution >= 0.6 is 24.0 Å². The van der Waals surface area contributed by atoms with E-state index in [0.717, 1.165) is 9.76 Å². The number of esters is 1. The molecule has 1 aromatic carbocycles. The Morgan fingerprint density at radius 1 is 1.38 bits per heavy atom. The fourth-order valence-electron chi connectivity index (χ4n) is 1.12. The van der Waals surface area contributed by atoms with Gasteiger partial charge in [0.2, 0.25) is 0 Å². The van der Waals surface area contributed by atoms with Crippen LogP contribution in [-0.2, 0) is 9.53 Å². The predicted molar refractivity (Wildman–Crippen MR) is 71.9 cm³/mol. The summed E-state index contributed by atoms with van der Waals surface area (Å²) in [5, 5.41) is 0. The number of thioether (sulfide) groups is 1. The Kier molecular flexibility index (Phi) is 6.11. The Morgan fingerprint density at radius 3 is 2.69 bits per heavy atom. The summed E-state index contributed by atoms with van der Waals surface area (Å²) in [6, 6.07) is 9.80. The molecule has 0 aromatic heterocycles. The van der Waals surface area contributed by atoms with E-state index in [1.165, 1.54) is 11.8 Å². The molecule has 1 aromatic rings. The monoisotopic (exact) mass is 254 g/mol. The molecule has 0 radical (unpaired) electrons. The van der Waals surface area contributed by atoms with Crippen LogP contribution in [0.2, 0.25) is 0 Å². The lowest BCUT2D eigenvalue weighted by Crippen LogP contribution is -2.05. The maximum atomic E-state index is 11.1. The van der Waals surface area contributed by atoms with Crippen LogP contribution in [0.15, 0.2) is 30.3 Å². The smallest absolute Gasteiger partial charge is 0.306 e. The summed E-state index contributed by atoms with van der Waals surface area (Å²) >= 11 is 6.76. The molecule has 2 nitrogen and oxygen atoms in total. The first-order chi connectivity index (χ1) is 7.74. The number of carbonyl (C=O) groups excluding carboxylic acids is 1. The second-order valence-electron chi connectivity index (χ2n) is 3.06. The van der Waals surface area contributed by atoms with Crippen molar-refractivity contribution in [2.45, 2.75) is 13.3 Å². The zero-order chi connectivity index (χ0) is 11.8. The molecule has 0 bridgehead atoms. The molecule has 0 fully saturated rings. The predicted octanol–water partition coefficient (Wildman–Crippen LogP) is 3.05. The third kappa shape index (κ3) is 4.77. The number of hydrogen-bond donors (Lipinski definition) is 0. The van der Waals surface area contributed by atoms with Gasteiger partial charge in [0, 0.05) is 5.75 Å². The van der Waals surface area contributed by atoms with Gasteiger partial charge in [-0.2, -0.15) is 0 Å². The second-order valence-corrected chi connectivity index (χ2v) is 4.83. The summed E-state index contributed by atoms with van der Waals surface area (Å²) in [6.07, 6.45) is 0.408. The van der Waals surface area contributed by atoms with Gasteiger partial charge < -0.3 is 4.74 Å². The number of benzene rings is 1. The molecule has 4 heteroatoms. The van der Waals surface area contributed by atoms with Crippen molar-refractivity contribution in [3.63, 3.8) is 0 Å². The van der Waals surface area contributed by atoms with Gasteiger partial charge in [0.1, 0.15) is 0 Å². The normalized spacial score (nSPS) is 9.81. The van der Waals surface area contributed by atoms with Crippen LogP contribution in [-0.4, -0.2) is 22.5 Å². The molecule has 0 amide bonds. The second kappa shape index (κ2) is 7.41. The highest BCUT2D eigenvalue weighted by Crippen LogP contribution is 2.14. The molecule has 0 aliphatic carbocycles. The van der Waals surface area contributed by atoms with Crippen molar-refractivity contribution in [2.24, 2.45) is 0 Å². The highest BCUT2D eigenvalue weighted by Gasteiger charge is 2.04.